The predicted molar refractivity (Wildman–Crippen MR) is 125 cm³/mol. The average Bonchev–Trinajstić information content (AvgIpc) is 3.69. The quantitative estimate of drug-likeness (QED) is 0.531. The Kier molecular flexibility index (Phi) is 5.69. The lowest BCUT2D eigenvalue weighted by molar-refractivity contribution is -0.139. The van der Waals surface area contributed by atoms with E-state index in [1.54, 1.807) is 36.7 Å². The Morgan fingerprint density at radius 2 is 1.85 bits per heavy atom. The highest BCUT2D eigenvalue weighted by molar-refractivity contribution is 6.10. The second-order valence-corrected chi connectivity index (χ2v) is 8.24. The number of esters is 1. The van der Waals surface area contributed by atoms with E-state index in [0.717, 1.165) is 23.5 Å². The number of aromatic nitrogens is 1. The van der Waals surface area contributed by atoms with Crippen LogP contribution in [-0.2, 0) is 16.0 Å². The summed E-state index contributed by atoms with van der Waals surface area (Å²) in [5.74, 6) is 0.451. The van der Waals surface area contributed by atoms with E-state index in [1.165, 1.54) is 20.0 Å². The van der Waals surface area contributed by atoms with Crippen molar-refractivity contribution in [1.82, 2.24) is 4.98 Å². The SMILES string of the molecule is COC(=O)Cc1cccc(Oc2cnccc2C(=O)N2CCN(C3CC3)c3ccccc32)c1. The molecule has 33 heavy (non-hydrogen) atoms. The molecule has 0 N–H and O–H groups in total. The summed E-state index contributed by atoms with van der Waals surface area (Å²) < 4.78 is 10.8. The number of para-hydroxylation sites is 2. The zero-order valence-corrected chi connectivity index (χ0v) is 18.4. The Bertz CT molecular complexity index is 1190. The standard InChI is InChI=1S/C26H25N3O4/c1-32-25(30)16-18-5-4-6-20(15-18)33-24-17-27-12-11-21(24)26(31)29-14-13-28(19-9-10-19)22-7-2-3-8-23(22)29/h2-8,11-12,15,17,19H,9-10,13-14,16H2,1H3. The Morgan fingerprint density at radius 3 is 2.64 bits per heavy atom. The first kappa shape index (κ1) is 21.0. The maximum Gasteiger partial charge on any atom is 0.309 e. The van der Waals surface area contributed by atoms with Gasteiger partial charge in [0.05, 0.1) is 36.7 Å². The molecule has 3 aromatic rings. The van der Waals surface area contributed by atoms with Crippen LogP contribution in [0, 0.1) is 0 Å². The first-order valence-electron chi connectivity index (χ1n) is 11.1. The van der Waals surface area contributed by atoms with Crippen LogP contribution in [0.4, 0.5) is 11.4 Å². The second kappa shape index (κ2) is 8.94. The summed E-state index contributed by atoms with van der Waals surface area (Å²) in [4.78, 5) is 33.7. The molecule has 1 saturated carbocycles. The Morgan fingerprint density at radius 1 is 1.03 bits per heavy atom. The molecular weight excluding hydrogens is 418 g/mol. The van der Waals surface area contributed by atoms with E-state index in [2.05, 4.69) is 16.0 Å². The number of methoxy groups -OCH3 is 1. The van der Waals surface area contributed by atoms with E-state index in [9.17, 15) is 9.59 Å². The molecule has 5 rings (SSSR count). The van der Waals surface area contributed by atoms with Crippen molar-refractivity contribution >= 4 is 23.3 Å². The van der Waals surface area contributed by atoms with Gasteiger partial charge in [-0.1, -0.05) is 24.3 Å². The fraction of sp³-hybridized carbons (Fsp3) is 0.269. The molecule has 0 saturated heterocycles. The van der Waals surface area contributed by atoms with Gasteiger partial charge in [0.1, 0.15) is 5.75 Å². The topological polar surface area (TPSA) is 72.0 Å². The monoisotopic (exact) mass is 443 g/mol. The van der Waals surface area contributed by atoms with Crippen molar-refractivity contribution in [2.24, 2.45) is 0 Å². The van der Waals surface area contributed by atoms with Gasteiger partial charge in [0, 0.05) is 25.3 Å². The minimum atomic E-state index is -0.326. The summed E-state index contributed by atoms with van der Waals surface area (Å²) in [6.07, 6.45) is 5.71. The highest BCUT2D eigenvalue weighted by Crippen LogP contribution is 2.40. The first-order chi connectivity index (χ1) is 16.1. The minimum Gasteiger partial charge on any atom is -0.469 e. The molecule has 0 unspecified atom stereocenters. The molecule has 1 fully saturated rings. The maximum atomic E-state index is 13.7. The van der Waals surface area contributed by atoms with Gasteiger partial charge in [0.2, 0.25) is 0 Å². The summed E-state index contributed by atoms with van der Waals surface area (Å²) in [7, 11) is 1.36. The Balaban J connectivity index is 1.41. The van der Waals surface area contributed by atoms with Crippen LogP contribution in [0.1, 0.15) is 28.8 Å². The third kappa shape index (κ3) is 4.39. The van der Waals surface area contributed by atoms with Crippen LogP contribution in [-0.4, -0.2) is 43.1 Å². The number of nitrogens with zero attached hydrogens (tertiary/aromatic N) is 3. The third-order valence-corrected chi connectivity index (χ3v) is 6.00. The van der Waals surface area contributed by atoms with Crippen LogP contribution in [0.25, 0.3) is 0 Å². The van der Waals surface area contributed by atoms with Gasteiger partial charge in [-0.2, -0.15) is 0 Å². The van der Waals surface area contributed by atoms with E-state index in [-0.39, 0.29) is 18.3 Å². The number of rotatable bonds is 6. The number of pyridine rings is 1. The number of carbonyl (C=O) groups excluding carboxylic acids is 2. The molecule has 7 nitrogen and oxygen atoms in total. The molecule has 0 spiro atoms. The number of ether oxygens (including phenoxy) is 2. The Labute approximate surface area is 192 Å². The van der Waals surface area contributed by atoms with Crippen molar-refractivity contribution in [2.75, 3.05) is 30.0 Å². The fourth-order valence-corrected chi connectivity index (χ4v) is 4.23. The van der Waals surface area contributed by atoms with E-state index in [0.29, 0.717) is 29.6 Å². The zero-order valence-electron chi connectivity index (χ0n) is 18.4. The number of anilines is 2. The van der Waals surface area contributed by atoms with Crippen molar-refractivity contribution in [3.8, 4) is 11.5 Å². The summed E-state index contributed by atoms with van der Waals surface area (Å²) in [5.41, 5.74) is 3.23. The van der Waals surface area contributed by atoms with Crippen molar-refractivity contribution < 1.29 is 19.1 Å². The van der Waals surface area contributed by atoms with Gasteiger partial charge in [-0.25, -0.2) is 0 Å². The van der Waals surface area contributed by atoms with E-state index in [4.69, 9.17) is 9.47 Å². The number of carbonyl (C=O) groups is 2. The van der Waals surface area contributed by atoms with Crippen LogP contribution in [0.2, 0.25) is 0 Å². The fourth-order valence-electron chi connectivity index (χ4n) is 4.23. The van der Waals surface area contributed by atoms with Crippen LogP contribution >= 0.6 is 0 Å². The molecule has 1 aliphatic heterocycles. The van der Waals surface area contributed by atoms with Gasteiger partial charge in [-0.3, -0.25) is 14.6 Å². The molecule has 2 aliphatic rings. The summed E-state index contributed by atoms with van der Waals surface area (Å²) in [5, 5.41) is 0. The van der Waals surface area contributed by atoms with Crippen LogP contribution in [0.5, 0.6) is 11.5 Å². The van der Waals surface area contributed by atoms with Crippen molar-refractivity contribution in [1.29, 1.82) is 0 Å². The summed E-state index contributed by atoms with van der Waals surface area (Å²) >= 11 is 0. The van der Waals surface area contributed by atoms with Gasteiger partial charge in [-0.05, 0) is 48.7 Å². The van der Waals surface area contributed by atoms with Crippen molar-refractivity contribution in [3.63, 3.8) is 0 Å². The maximum absolute atomic E-state index is 13.7. The van der Waals surface area contributed by atoms with Gasteiger partial charge < -0.3 is 19.3 Å². The lowest BCUT2D eigenvalue weighted by atomic mass is 10.1. The number of benzene rings is 2. The molecular formula is C26H25N3O4. The molecule has 2 aromatic carbocycles. The van der Waals surface area contributed by atoms with E-state index in [1.807, 2.05) is 29.2 Å². The van der Waals surface area contributed by atoms with Crippen LogP contribution in [0.15, 0.2) is 67.0 Å². The third-order valence-electron chi connectivity index (χ3n) is 6.00. The predicted octanol–water partition coefficient (Wildman–Crippen LogP) is 4.22. The van der Waals surface area contributed by atoms with Gasteiger partial charge >= 0.3 is 5.97 Å². The average molecular weight is 444 g/mol. The largest absolute Gasteiger partial charge is 0.469 e. The molecule has 0 atom stereocenters. The first-order valence-corrected chi connectivity index (χ1v) is 11.1. The van der Waals surface area contributed by atoms with Crippen LogP contribution < -0.4 is 14.5 Å². The van der Waals surface area contributed by atoms with Gasteiger partial charge in [-0.15, -0.1) is 0 Å². The highest BCUT2D eigenvalue weighted by Gasteiger charge is 2.36. The number of hydrogen-bond donors (Lipinski definition) is 0. The number of hydrogen-bond acceptors (Lipinski definition) is 6. The number of amides is 1. The van der Waals surface area contributed by atoms with Gasteiger partial charge in [0.15, 0.2) is 5.75 Å². The molecule has 1 aliphatic carbocycles. The summed E-state index contributed by atoms with van der Waals surface area (Å²) in [6.45, 7) is 1.42. The smallest absolute Gasteiger partial charge is 0.309 e. The molecule has 1 amide bonds. The Hall–Kier alpha value is -3.87. The minimum absolute atomic E-state index is 0.124. The molecule has 0 bridgehead atoms. The van der Waals surface area contributed by atoms with Crippen molar-refractivity contribution in [2.45, 2.75) is 25.3 Å². The zero-order chi connectivity index (χ0) is 22.8. The van der Waals surface area contributed by atoms with E-state index >= 15 is 0 Å². The van der Waals surface area contributed by atoms with Gasteiger partial charge in [0.25, 0.3) is 5.91 Å². The number of fused-ring (bicyclic) bond motifs is 1. The van der Waals surface area contributed by atoms with Crippen molar-refractivity contribution in [3.05, 3.63) is 78.1 Å². The second-order valence-electron chi connectivity index (χ2n) is 8.24. The highest BCUT2D eigenvalue weighted by atomic mass is 16.5. The molecule has 0 radical (unpaired) electrons. The molecule has 168 valence electrons. The lowest BCUT2D eigenvalue weighted by Crippen LogP contribution is -2.45. The molecule has 7 heteroatoms. The molecule has 2 heterocycles. The molecule has 1 aromatic heterocycles. The van der Waals surface area contributed by atoms with Crippen LogP contribution in [0.3, 0.4) is 0 Å². The lowest BCUT2D eigenvalue weighted by Gasteiger charge is -2.38. The summed E-state index contributed by atoms with van der Waals surface area (Å²) in [6, 6.07) is 17.5. The normalized spacial score (nSPS) is 15.1. The van der Waals surface area contributed by atoms with E-state index < -0.39 is 0 Å².